The summed E-state index contributed by atoms with van der Waals surface area (Å²) >= 11 is 6.13. The first-order chi connectivity index (χ1) is 7.22. The number of methoxy groups -OCH3 is 1. The summed E-state index contributed by atoms with van der Waals surface area (Å²) in [4.78, 5) is 0. The quantitative estimate of drug-likeness (QED) is 0.794. The van der Waals surface area contributed by atoms with E-state index in [9.17, 15) is 0 Å². The van der Waals surface area contributed by atoms with Crippen LogP contribution in [0.1, 0.15) is 24.0 Å². The Morgan fingerprint density at radius 3 is 3.00 bits per heavy atom. The van der Waals surface area contributed by atoms with Crippen LogP contribution >= 0.6 is 11.6 Å². The van der Waals surface area contributed by atoms with Gasteiger partial charge in [-0.2, -0.15) is 0 Å². The van der Waals surface area contributed by atoms with Crippen molar-refractivity contribution in [2.45, 2.75) is 19.3 Å². The summed E-state index contributed by atoms with van der Waals surface area (Å²) in [6, 6.07) is 4.12. The van der Waals surface area contributed by atoms with E-state index >= 15 is 0 Å². The van der Waals surface area contributed by atoms with Crippen molar-refractivity contribution in [2.75, 3.05) is 20.2 Å². The van der Waals surface area contributed by atoms with Gasteiger partial charge in [0.25, 0.3) is 0 Å². The molecule has 1 atom stereocenters. The highest BCUT2D eigenvalue weighted by molar-refractivity contribution is 6.32. The van der Waals surface area contributed by atoms with Gasteiger partial charge in [0.1, 0.15) is 5.75 Å². The molecule has 0 aliphatic carbocycles. The van der Waals surface area contributed by atoms with Crippen molar-refractivity contribution in [2.24, 2.45) is 0 Å². The lowest BCUT2D eigenvalue weighted by molar-refractivity contribution is 0.414. The van der Waals surface area contributed by atoms with Crippen LogP contribution in [0.3, 0.4) is 0 Å². The first-order valence-corrected chi connectivity index (χ1v) is 5.67. The fourth-order valence-electron chi connectivity index (χ4n) is 2.09. The molecule has 15 heavy (non-hydrogen) atoms. The lowest BCUT2D eigenvalue weighted by Crippen LogP contribution is -2.18. The maximum Gasteiger partial charge on any atom is 0.137 e. The van der Waals surface area contributed by atoms with E-state index in [0.29, 0.717) is 10.9 Å². The van der Waals surface area contributed by atoms with Crippen molar-refractivity contribution < 1.29 is 4.74 Å². The molecule has 1 aromatic rings. The van der Waals surface area contributed by atoms with Gasteiger partial charge < -0.3 is 10.1 Å². The van der Waals surface area contributed by atoms with Gasteiger partial charge in [0.2, 0.25) is 0 Å². The number of nitrogens with one attached hydrogen (secondary N) is 1. The van der Waals surface area contributed by atoms with Crippen LogP contribution in [0.4, 0.5) is 0 Å². The number of rotatable bonds is 1. The molecule has 0 fully saturated rings. The van der Waals surface area contributed by atoms with Crippen LogP contribution in [0.15, 0.2) is 12.1 Å². The Morgan fingerprint density at radius 2 is 2.27 bits per heavy atom. The zero-order valence-electron chi connectivity index (χ0n) is 9.14. The molecule has 1 N–H and O–H groups in total. The molecule has 3 heteroatoms. The Balaban J connectivity index is 2.46. The number of hydrogen-bond donors (Lipinski definition) is 1. The molecule has 0 aromatic heterocycles. The van der Waals surface area contributed by atoms with E-state index in [1.807, 2.05) is 6.07 Å². The maximum atomic E-state index is 6.13. The highest BCUT2D eigenvalue weighted by Gasteiger charge is 2.16. The first-order valence-electron chi connectivity index (χ1n) is 5.29. The Labute approximate surface area is 95.6 Å². The molecule has 0 radical (unpaired) electrons. The number of benzene rings is 1. The van der Waals surface area contributed by atoms with Gasteiger partial charge >= 0.3 is 0 Å². The van der Waals surface area contributed by atoms with Gasteiger partial charge in [-0.05, 0) is 42.1 Å². The topological polar surface area (TPSA) is 21.3 Å². The van der Waals surface area contributed by atoms with E-state index in [2.05, 4.69) is 18.3 Å². The second kappa shape index (κ2) is 4.42. The third-order valence-corrected chi connectivity index (χ3v) is 3.26. The summed E-state index contributed by atoms with van der Waals surface area (Å²) in [5.74, 6) is 1.30. The molecule has 0 spiro atoms. The number of ether oxygens (including phenoxy) is 1. The van der Waals surface area contributed by atoms with Crippen LogP contribution in [-0.4, -0.2) is 20.2 Å². The van der Waals surface area contributed by atoms with E-state index < -0.39 is 0 Å². The van der Waals surface area contributed by atoms with Crippen molar-refractivity contribution in [3.05, 3.63) is 28.3 Å². The summed E-state index contributed by atoms with van der Waals surface area (Å²) < 4.78 is 5.23. The van der Waals surface area contributed by atoms with Crippen molar-refractivity contribution >= 4 is 11.6 Å². The molecule has 82 valence electrons. The second-order valence-electron chi connectivity index (χ2n) is 4.04. The molecule has 1 aliphatic heterocycles. The summed E-state index contributed by atoms with van der Waals surface area (Å²) in [5.41, 5.74) is 2.71. The van der Waals surface area contributed by atoms with Crippen LogP contribution in [0.5, 0.6) is 5.75 Å². The average molecular weight is 226 g/mol. The summed E-state index contributed by atoms with van der Waals surface area (Å²) in [5, 5.41) is 4.13. The summed E-state index contributed by atoms with van der Waals surface area (Å²) in [6.07, 6.45) is 1.05. The molecule has 2 rings (SSSR count). The molecule has 0 saturated heterocycles. The molecule has 2 nitrogen and oxygen atoms in total. The van der Waals surface area contributed by atoms with Crippen LogP contribution in [0.2, 0.25) is 5.02 Å². The molecule has 0 bridgehead atoms. The van der Waals surface area contributed by atoms with Crippen molar-refractivity contribution in [3.8, 4) is 5.75 Å². The molecule has 1 heterocycles. The number of hydrogen-bond acceptors (Lipinski definition) is 2. The zero-order chi connectivity index (χ0) is 10.8. The van der Waals surface area contributed by atoms with Crippen molar-refractivity contribution in [1.82, 2.24) is 5.32 Å². The predicted molar refractivity (Wildman–Crippen MR) is 63.0 cm³/mol. The van der Waals surface area contributed by atoms with E-state index in [1.54, 1.807) is 7.11 Å². The summed E-state index contributed by atoms with van der Waals surface area (Å²) in [7, 11) is 1.66. The van der Waals surface area contributed by atoms with Gasteiger partial charge in [0.15, 0.2) is 0 Å². The normalized spacial score (nSPS) is 20.6. The predicted octanol–water partition coefficient (Wildman–Crippen LogP) is 2.60. The van der Waals surface area contributed by atoms with E-state index in [1.165, 1.54) is 11.1 Å². The Kier molecular flexibility index (Phi) is 3.17. The van der Waals surface area contributed by atoms with E-state index in [-0.39, 0.29) is 0 Å². The highest BCUT2D eigenvalue weighted by Crippen LogP contribution is 2.32. The maximum absolute atomic E-state index is 6.13. The average Bonchev–Trinajstić information content (AvgIpc) is 2.40. The van der Waals surface area contributed by atoms with Crippen molar-refractivity contribution in [1.29, 1.82) is 0 Å². The van der Waals surface area contributed by atoms with Crippen LogP contribution in [-0.2, 0) is 6.42 Å². The van der Waals surface area contributed by atoms with Crippen LogP contribution in [0, 0.1) is 0 Å². The molecular formula is C12H16ClNO. The zero-order valence-corrected chi connectivity index (χ0v) is 9.90. The molecule has 0 saturated carbocycles. The molecule has 0 amide bonds. The number of fused-ring (bicyclic) bond motifs is 1. The smallest absolute Gasteiger partial charge is 0.137 e. The highest BCUT2D eigenvalue weighted by atomic mass is 35.5. The van der Waals surface area contributed by atoms with Gasteiger partial charge in [0.05, 0.1) is 12.1 Å². The lowest BCUT2D eigenvalue weighted by atomic mass is 9.95. The van der Waals surface area contributed by atoms with Gasteiger partial charge in [-0.15, -0.1) is 0 Å². The van der Waals surface area contributed by atoms with E-state index in [4.69, 9.17) is 16.3 Å². The van der Waals surface area contributed by atoms with Gasteiger partial charge in [-0.25, -0.2) is 0 Å². The first kappa shape index (κ1) is 10.8. The molecule has 1 aliphatic rings. The number of halogens is 1. The van der Waals surface area contributed by atoms with E-state index in [0.717, 1.165) is 25.3 Å². The Morgan fingerprint density at radius 1 is 1.47 bits per heavy atom. The Hall–Kier alpha value is -0.730. The molecule has 1 aromatic carbocycles. The fourth-order valence-corrected chi connectivity index (χ4v) is 2.34. The van der Waals surface area contributed by atoms with Crippen molar-refractivity contribution in [3.63, 3.8) is 0 Å². The largest absolute Gasteiger partial charge is 0.495 e. The van der Waals surface area contributed by atoms with Crippen LogP contribution < -0.4 is 10.1 Å². The monoisotopic (exact) mass is 225 g/mol. The SMILES string of the molecule is COc1cc2c(cc1Cl)C(C)CNCC2. The molecule has 1 unspecified atom stereocenters. The lowest BCUT2D eigenvalue weighted by Gasteiger charge is -2.14. The van der Waals surface area contributed by atoms with Gasteiger partial charge in [-0.1, -0.05) is 18.5 Å². The summed E-state index contributed by atoms with van der Waals surface area (Å²) in [6.45, 7) is 4.28. The second-order valence-corrected chi connectivity index (χ2v) is 4.45. The van der Waals surface area contributed by atoms with Crippen LogP contribution in [0.25, 0.3) is 0 Å². The third-order valence-electron chi connectivity index (χ3n) is 2.97. The standard InChI is InChI=1S/C12H16ClNO/c1-8-7-14-4-3-9-5-12(15-2)11(13)6-10(8)9/h5-6,8,14H,3-4,7H2,1-2H3. The molecular weight excluding hydrogens is 210 g/mol. The third kappa shape index (κ3) is 2.11. The minimum absolute atomic E-state index is 0.519. The Bertz CT molecular complexity index is 365. The fraction of sp³-hybridized carbons (Fsp3) is 0.500. The minimum atomic E-state index is 0.519. The minimum Gasteiger partial charge on any atom is -0.495 e. The van der Waals surface area contributed by atoms with Gasteiger partial charge in [0, 0.05) is 6.54 Å². The van der Waals surface area contributed by atoms with Gasteiger partial charge in [-0.3, -0.25) is 0 Å².